The van der Waals surface area contributed by atoms with Crippen molar-refractivity contribution in [2.24, 2.45) is 0 Å². The van der Waals surface area contributed by atoms with Crippen molar-refractivity contribution in [1.29, 1.82) is 0 Å². The van der Waals surface area contributed by atoms with Gasteiger partial charge < -0.3 is 17.1 Å². The van der Waals surface area contributed by atoms with E-state index in [1.165, 1.54) is 12.8 Å². The van der Waals surface area contributed by atoms with Crippen molar-refractivity contribution in [3.8, 4) is 0 Å². The van der Waals surface area contributed by atoms with Gasteiger partial charge in [0.1, 0.15) is 0 Å². The van der Waals surface area contributed by atoms with Crippen LogP contribution in [0.2, 0.25) is 0 Å². The standard InChI is InChI=1S/C4H8O.ClH.Ti/c1-2-4-5-3-1;;/h1-4H2;1H;/q;;+2/p-1. The Morgan fingerprint density at radius 1 is 1.00 bits per heavy atom. The second-order valence-electron chi connectivity index (χ2n) is 1.32. The Hall–Kier alpha value is 0.964. The average molecular weight is 155 g/mol. The fourth-order valence-electron chi connectivity index (χ4n) is 0.510. The van der Waals surface area contributed by atoms with Gasteiger partial charge in [0.05, 0.1) is 0 Å². The van der Waals surface area contributed by atoms with E-state index in [4.69, 9.17) is 4.74 Å². The first-order chi connectivity index (χ1) is 2.50. The van der Waals surface area contributed by atoms with Gasteiger partial charge in [0.25, 0.3) is 0 Å². The SMILES string of the molecule is C1CCOC1.[Cl-].[Ti+2]. The summed E-state index contributed by atoms with van der Waals surface area (Å²) in [5.41, 5.74) is 0. The van der Waals surface area contributed by atoms with Crippen molar-refractivity contribution in [1.82, 2.24) is 0 Å². The maximum absolute atomic E-state index is 4.94. The first-order valence-electron chi connectivity index (χ1n) is 2.08. The fraction of sp³-hybridized carbons (Fsp3) is 1.00. The van der Waals surface area contributed by atoms with E-state index in [1.54, 1.807) is 0 Å². The molecular formula is C4H8ClOTi+. The van der Waals surface area contributed by atoms with Crippen LogP contribution in [0.25, 0.3) is 0 Å². The van der Waals surface area contributed by atoms with Gasteiger partial charge in [-0.25, -0.2) is 0 Å². The summed E-state index contributed by atoms with van der Waals surface area (Å²) in [4.78, 5) is 0. The molecule has 0 aromatic rings. The summed E-state index contributed by atoms with van der Waals surface area (Å²) in [7, 11) is 0. The summed E-state index contributed by atoms with van der Waals surface area (Å²) < 4.78 is 4.94. The van der Waals surface area contributed by atoms with Crippen LogP contribution in [-0.4, -0.2) is 13.2 Å². The molecule has 1 fully saturated rings. The molecule has 1 nitrogen and oxygen atoms in total. The van der Waals surface area contributed by atoms with Gasteiger partial charge in [-0.2, -0.15) is 0 Å². The van der Waals surface area contributed by atoms with Gasteiger partial charge in [-0.3, -0.25) is 0 Å². The van der Waals surface area contributed by atoms with Crippen LogP contribution in [0.1, 0.15) is 12.8 Å². The summed E-state index contributed by atoms with van der Waals surface area (Å²) in [5, 5.41) is 0. The van der Waals surface area contributed by atoms with E-state index < -0.39 is 0 Å². The van der Waals surface area contributed by atoms with E-state index >= 15 is 0 Å². The van der Waals surface area contributed by atoms with Gasteiger partial charge in [0.15, 0.2) is 0 Å². The predicted octanol–water partition coefficient (Wildman–Crippen LogP) is -2.20. The van der Waals surface area contributed by atoms with Crippen LogP contribution < -0.4 is 12.4 Å². The molecule has 1 rings (SSSR count). The van der Waals surface area contributed by atoms with Crippen LogP contribution in [0, 0.1) is 0 Å². The zero-order valence-electron chi connectivity index (χ0n) is 4.11. The molecule has 0 radical (unpaired) electrons. The summed E-state index contributed by atoms with van der Waals surface area (Å²) in [5.74, 6) is 0. The molecule has 0 unspecified atom stereocenters. The number of rotatable bonds is 0. The maximum Gasteiger partial charge on any atom is 2.00 e. The molecule has 0 aliphatic carbocycles. The first-order valence-corrected chi connectivity index (χ1v) is 2.08. The topological polar surface area (TPSA) is 9.23 Å². The molecule has 0 atom stereocenters. The van der Waals surface area contributed by atoms with Gasteiger partial charge in [-0.15, -0.1) is 0 Å². The Bertz CT molecular complexity index is 23.3. The largest absolute Gasteiger partial charge is 2.00 e. The maximum atomic E-state index is 4.94. The molecule has 1 heterocycles. The molecule has 0 saturated carbocycles. The molecule has 0 aromatic heterocycles. The minimum Gasteiger partial charge on any atom is -1.00 e. The number of hydrogen-bond donors (Lipinski definition) is 0. The van der Waals surface area contributed by atoms with Crippen LogP contribution in [0.3, 0.4) is 0 Å². The van der Waals surface area contributed by atoms with Crippen LogP contribution >= 0.6 is 0 Å². The van der Waals surface area contributed by atoms with Crippen LogP contribution in [0.15, 0.2) is 0 Å². The van der Waals surface area contributed by atoms with E-state index in [1.807, 2.05) is 0 Å². The van der Waals surface area contributed by atoms with E-state index in [0.717, 1.165) is 13.2 Å². The van der Waals surface area contributed by atoms with E-state index in [2.05, 4.69) is 0 Å². The van der Waals surface area contributed by atoms with Crippen molar-refractivity contribution >= 4 is 0 Å². The van der Waals surface area contributed by atoms with Crippen molar-refractivity contribution in [3.63, 3.8) is 0 Å². The van der Waals surface area contributed by atoms with E-state index in [0.29, 0.717) is 0 Å². The second kappa shape index (κ2) is 6.96. The van der Waals surface area contributed by atoms with Crippen LogP contribution in [-0.2, 0) is 26.5 Å². The molecule has 0 amide bonds. The number of halogens is 1. The summed E-state index contributed by atoms with van der Waals surface area (Å²) in [6.45, 7) is 2.00. The van der Waals surface area contributed by atoms with Gasteiger partial charge in [0.2, 0.25) is 0 Å². The molecule has 0 N–H and O–H groups in total. The smallest absolute Gasteiger partial charge is 1.00 e. The minimum absolute atomic E-state index is 0. The third kappa shape index (κ3) is 4.82. The zero-order chi connectivity index (χ0) is 3.54. The molecule has 1 saturated heterocycles. The minimum atomic E-state index is 0. The summed E-state index contributed by atoms with van der Waals surface area (Å²) in [6, 6.07) is 0. The monoisotopic (exact) mass is 155 g/mol. The average Bonchev–Trinajstić information content (AvgIpc) is 1.76. The molecular weight excluding hydrogens is 147 g/mol. The van der Waals surface area contributed by atoms with E-state index in [9.17, 15) is 0 Å². The molecule has 0 aromatic carbocycles. The quantitative estimate of drug-likeness (QED) is 0.361. The Morgan fingerprint density at radius 2 is 1.43 bits per heavy atom. The Morgan fingerprint density at radius 3 is 1.57 bits per heavy atom. The van der Waals surface area contributed by atoms with Crippen LogP contribution in [0.5, 0.6) is 0 Å². The summed E-state index contributed by atoms with van der Waals surface area (Å²) >= 11 is 0. The molecule has 1 aliphatic rings. The Kier molecular flexibility index (Phi) is 10.8. The van der Waals surface area contributed by atoms with Crippen LogP contribution in [0.4, 0.5) is 0 Å². The second-order valence-corrected chi connectivity index (χ2v) is 1.32. The third-order valence-corrected chi connectivity index (χ3v) is 0.827. The number of hydrogen-bond acceptors (Lipinski definition) is 1. The fourth-order valence-corrected chi connectivity index (χ4v) is 0.510. The number of ether oxygens (including phenoxy) is 1. The van der Waals surface area contributed by atoms with E-state index in [-0.39, 0.29) is 34.1 Å². The van der Waals surface area contributed by atoms with Crippen molar-refractivity contribution < 1.29 is 38.9 Å². The van der Waals surface area contributed by atoms with Gasteiger partial charge in [0, 0.05) is 13.2 Å². The van der Waals surface area contributed by atoms with Crippen molar-refractivity contribution in [3.05, 3.63) is 0 Å². The molecule has 0 bridgehead atoms. The van der Waals surface area contributed by atoms with Crippen molar-refractivity contribution in [2.75, 3.05) is 13.2 Å². The first kappa shape index (κ1) is 10.9. The molecule has 40 valence electrons. The van der Waals surface area contributed by atoms with Gasteiger partial charge >= 0.3 is 21.7 Å². The molecule has 0 spiro atoms. The third-order valence-electron chi connectivity index (χ3n) is 0.827. The normalized spacial score (nSPS) is 17.1. The summed E-state index contributed by atoms with van der Waals surface area (Å²) in [6.07, 6.45) is 2.56. The van der Waals surface area contributed by atoms with Crippen molar-refractivity contribution in [2.45, 2.75) is 12.8 Å². The Balaban J connectivity index is 0. The Labute approximate surface area is 65.1 Å². The van der Waals surface area contributed by atoms with Gasteiger partial charge in [-0.05, 0) is 12.8 Å². The predicted molar refractivity (Wildman–Crippen MR) is 20.1 cm³/mol. The molecule has 7 heavy (non-hydrogen) atoms. The molecule has 1 aliphatic heterocycles. The van der Waals surface area contributed by atoms with Gasteiger partial charge in [-0.1, -0.05) is 0 Å². The molecule has 3 heteroatoms. The zero-order valence-corrected chi connectivity index (χ0v) is 6.43.